The van der Waals surface area contributed by atoms with Gasteiger partial charge >= 0.3 is 0 Å². The third kappa shape index (κ3) is 3.21. The van der Waals surface area contributed by atoms with E-state index in [2.05, 4.69) is 0 Å². The number of rotatable bonds is 4. The van der Waals surface area contributed by atoms with Crippen molar-refractivity contribution in [3.63, 3.8) is 0 Å². The molecule has 4 heteroatoms. The zero-order chi connectivity index (χ0) is 9.68. The molecule has 0 aliphatic rings. The van der Waals surface area contributed by atoms with E-state index < -0.39 is 18.2 Å². The van der Waals surface area contributed by atoms with Gasteiger partial charge in [0.15, 0.2) is 5.78 Å². The largest absolute Gasteiger partial charge is 0.486 e. The van der Waals surface area contributed by atoms with Crippen molar-refractivity contribution in [1.29, 1.82) is 0 Å². The van der Waals surface area contributed by atoms with E-state index in [1.54, 1.807) is 0 Å². The normalized spacial score (nSPS) is 9.69. The van der Waals surface area contributed by atoms with Crippen molar-refractivity contribution in [3.8, 4) is 5.75 Å². The van der Waals surface area contributed by atoms with Crippen molar-refractivity contribution in [3.05, 3.63) is 30.1 Å². The van der Waals surface area contributed by atoms with Crippen LogP contribution in [0.15, 0.2) is 24.3 Å². The van der Waals surface area contributed by atoms with Gasteiger partial charge in [-0.25, -0.2) is 4.39 Å². The van der Waals surface area contributed by atoms with E-state index in [1.807, 2.05) is 0 Å². The highest BCUT2D eigenvalue weighted by molar-refractivity contribution is 5.80. The summed E-state index contributed by atoms with van der Waals surface area (Å²) in [7, 11) is 0. The number of halogens is 1. The summed E-state index contributed by atoms with van der Waals surface area (Å²) in [6.07, 6.45) is 0. The molecule has 0 aromatic heterocycles. The second-order valence-corrected chi connectivity index (χ2v) is 2.44. The Morgan fingerprint density at radius 3 is 2.92 bits per heavy atom. The number of Topliss-reactive ketones (excluding diaryl/α,β-unsaturated/α-hetero) is 1. The minimum atomic E-state index is -0.560. The Labute approximate surface area is 74.8 Å². The summed E-state index contributed by atoms with van der Waals surface area (Å²) >= 11 is 0. The van der Waals surface area contributed by atoms with E-state index in [0.717, 1.165) is 0 Å². The monoisotopic (exact) mass is 184 g/mol. The Kier molecular flexibility index (Phi) is 3.40. The molecule has 0 aliphatic carbocycles. The Bertz CT molecular complexity index is 299. The molecule has 0 radical (unpaired) electrons. The van der Waals surface area contributed by atoms with E-state index in [0.29, 0.717) is 0 Å². The first-order chi connectivity index (χ1) is 6.22. The predicted octanol–water partition coefficient (Wildman–Crippen LogP) is 0.766. The fraction of sp³-hybridized carbons (Fsp3) is 0.222. The Hall–Kier alpha value is -1.42. The lowest BCUT2D eigenvalue weighted by molar-refractivity contribution is -0.123. The zero-order valence-electron chi connectivity index (χ0n) is 6.87. The van der Waals surface area contributed by atoms with Gasteiger partial charge in [0.05, 0.1) is 0 Å². The molecule has 3 nitrogen and oxygen atoms in total. The van der Waals surface area contributed by atoms with Crippen LogP contribution in [0, 0.1) is 5.82 Å². The number of aliphatic hydroxyl groups excluding tert-OH is 1. The topological polar surface area (TPSA) is 46.5 Å². The molecule has 0 saturated heterocycles. The number of carbonyl (C=O) groups is 1. The molecule has 0 spiro atoms. The van der Waals surface area contributed by atoms with Crippen LogP contribution < -0.4 is 4.74 Å². The van der Waals surface area contributed by atoms with Crippen LogP contribution in [0.25, 0.3) is 0 Å². The van der Waals surface area contributed by atoms with E-state index in [-0.39, 0.29) is 12.4 Å². The van der Waals surface area contributed by atoms with Gasteiger partial charge in [-0.3, -0.25) is 4.79 Å². The van der Waals surface area contributed by atoms with Crippen LogP contribution in [0.4, 0.5) is 4.39 Å². The highest BCUT2D eigenvalue weighted by Crippen LogP contribution is 2.11. The SMILES string of the molecule is O=C(CO)COc1cccc(F)c1. The predicted molar refractivity (Wildman–Crippen MR) is 44.0 cm³/mol. The molecule has 0 amide bonds. The van der Waals surface area contributed by atoms with Crippen molar-refractivity contribution in [1.82, 2.24) is 0 Å². The van der Waals surface area contributed by atoms with Gasteiger partial charge < -0.3 is 9.84 Å². The fourth-order valence-electron chi connectivity index (χ4n) is 0.766. The molecule has 0 saturated carbocycles. The zero-order valence-corrected chi connectivity index (χ0v) is 6.87. The molecule has 0 aliphatic heterocycles. The van der Waals surface area contributed by atoms with Crippen LogP contribution in [-0.2, 0) is 4.79 Å². The number of ketones is 1. The molecule has 1 aromatic rings. The molecule has 0 bridgehead atoms. The summed E-state index contributed by atoms with van der Waals surface area (Å²) in [5.74, 6) is -0.583. The van der Waals surface area contributed by atoms with E-state index >= 15 is 0 Å². The van der Waals surface area contributed by atoms with Gasteiger partial charge in [-0.2, -0.15) is 0 Å². The Morgan fingerprint density at radius 1 is 1.54 bits per heavy atom. The summed E-state index contributed by atoms with van der Waals surface area (Å²) in [5.41, 5.74) is 0. The first-order valence-electron chi connectivity index (χ1n) is 3.73. The van der Waals surface area contributed by atoms with Crippen LogP contribution in [0.1, 0.15) is 0 Å². The van der Waals surface area contributed by atoms with Crippen LogP contribution in [0.3, 0.4) is 0 Å². The highest BCUT2D eigenvalue weighted by Gasteiger charge is 2.01. The number of aliphatic hydroxyl groups is 1. The minimum absolute atomic E-state index is 0.236. The first kappa shape index (κ1) is 9.67. The van der Waals surface area contributed by atoms with Gasteiger partial charge in [0.25, 0.3) is 0 Å². The number of hydrogen-bond donors (Lipinski definition) is 1. The summed E-state index contributed by atoms with van der Waals surface area (Å²) in [4.78, 5) is 10.6. The van der Waals surface area contributed by atoms with Gasteiger partial charge in [0.1, 0.15) is 24.8 Å². The third-order valence-corrected chi connectivity index (χ3v) is 1.37. The lowest BCUT2D eigenvalue weighted by atomic mass is 10.3. The number of carbonyl (C=O) groups excluding carboxylic acids is 1. The maximum atomic E-state index is 12.6. The summed E-state index contributed by atoms with van der Waals surface area (Å²) in [5, 5.41) is 8.36. The minimum Gasteiger partial charge on any atom is -0.486 e. The second-order valence-electron chi connectivity index (χ2n) is 2.44. The molecule has 0 heterocycles. The van der Waals surface area contributed by atoms with Gasteiger partial charge in [-0.05, 0) is 12.1 Å². The van der Waals surface area contributed by atoms with E-state index in [9.17, 15) is 9.18 Å². The fourth-order valence-corrected chi connectivity index (χ4v) is 0.766. The molecular weight excluding hydrogens is 175 g/mol. The van der Waals surface area contributed by atoms with E-state index in [1.165, 1.54) is 24.3 Å². The smallest absolute Gasteiger partial charge is 0.195 e. The number of hydrogen-bond acceptors (Lipinski definition) is 3. The van der Waals surface area contributed by atoms with Gasteiger partial charge in [0, 0.05) is 6.07 Å². The Morgan fingerprint density at radius 2 is 2.31 bits per heavy atom. The lowest BCUT2D eigenvalue weighted by Gasteiger charge is -2.03. The maximum Gasteiger partial charge on any atom is 0.195 e. The number of ether oxygens (including phenoxy) is 1. The molecule has 1 aromatic carbocycles. The highest BCUT2D eigenvalue weighted by atomic mass is 19.1. The summed E-state index contributed by atoms with van der Waals surface area (Å²) in [6.45, 7) is -0.796. The lowest BCUT2D eigenvalue weighted by Crippen LogP contribution is -2.14. The van der Waals surface area contributed by atoms with Crippen molar-refractivity contribution in [2.75, 3.05) is 13.2 Å². The van der Waals surface area contributed by atoms with Crippen molar-refractivity contribution in [2.45, 2.75) is 0 Å². The summed E-state index contributed by atoms with van der Waals surface area (Å²) < 4.78 is 17.4. The van der Waals surface area contributed by atoms with Crippen LogP contribution in [0.5, 0.6) is 5.75 Å². The quantitative estimate of drug-likeness (QED) is 0.751. The van der Waals surface area contributed by atoms with Gasteiger partial charge in [0.2, 0.25) is 0 Å². The summed E-state index contributed by atoms with van der Waals surface area (Å²) in [6, 6.07) is 5.47. The molecule has 0 fully saturated rings. The molecule has 1 N–H and O–H groups in total. The second kappa shape index (κ2) is 4.57. The maximum absolute atomic E-state index is 12.6. The molecule has 70 valence electrons. The average molecular weight is 184 g/mol. The first-order valence-corrected chi connectivity index (χ1v) is 3.73. The van der Waals surface area contributed by atoms with Crippen molar-refractivity contribution < 1.29 is 19.0 Å². The number of benzene rings is 1. The van der Waals surface area contributed by atoms with Crippen LogP contribution >= 0.6 is 0 Å². The standard InChI is InChI=1S/C9H9FO3/c10-7-2-1-3-9(4-7)13-6-8(12)5-11/h1-4,11H,5-6H2. The molecular formula is C9H9FO3. The van der Waals surface area contributed by atoms with E-state index in [4.69, 9.17) is 9.84 Å². The third-order valence-electron chi connectivity index (χ3n) is 1.37. The van der Waals surface area contributed by atoms with Crippen molar-refractivity contribution in [2.24, 2.45) is 0 Å². The molecule has 0 unspecified atom stereocenters. The molecule has 13 heavy (non-hydrogen) atoms. The van der Waals surface area contributed by atoms with Gasteiger partial charge in [-0.15, -0.1) is 0 Å². The van der Waals surface area contributed by atoms with Gasteiger partial charge in [-0.1, -0.05) is 6.07 Å². The van der Waals surface area contributed by atoms with Crippen LogP contribution in [-0.4, -0.2) is 24.1 Å². The molecule has 1 rings (SSSR count). The van der Waals surface area contributed by atoms with Crippen molar-refractivity contribution >= 4 is 5.78 Å². The Balaban J connectivity index is 2.50. The average Bonchev–Trinajstić information content (AvgIpc) is 2.14. The van der Waals surface area contributed by atoms with Crippen LogP contribution in [0.2, 0.25) is 0 Å². The molecule has 0 atom stereocenters.